The zero-order valence-corrected chi connectivity index (χ0v) is 20.0. The van der Waals surface area contributed by atoms with E-state index in [0.29, 0.717) is 37.3 Å². The van der Waals surface area contributed by atoms with Crippen molar-refractivity contribution >= 4 is 33.2 Å². The Kier molecular flexibility index (Phi) is 9.41. The van der Waals surface area contributed by atoms with Gasteiger partial charge in [0.1, 0.15) is 0 Å². The van der Waals surface area contributed by atoms with Gasteiger partial charge in [-0.25, -0.2) is 8.42 Å². The van der Waals surface area contributed by atoms with Crippen molar-refractivity contribution in [3.05, 3.63) is 54.1 Å². The van der Waals surface area contributed by atoms with E-state index >= 15 is 0 Å². The maximum absolute atomic E-state index is 12.5. The molecular weight excluding hydrogens is 426 g/mol. The van der Waals surface area contributed by atoms with Gasteiger partial charge < -0.3 is 10.6 Å². The van der Waals surface area contributed by atoms with Crippen molar-refractivity contribution < 1.29 is 18.0 Å². The van der Waals surface area contributed by atoms with Crippen LogP contribution in [0.5, 0.6) is 0 Å². The predicted octanol–water partition coefficient (Wildman–Crippen LogP) is 4.27. The first-order chi connectivity index (χ1) is 15.1. The van der Waals surface area contributed by atoms with Crippen LogP contribution >= 0.6 is 0 Å². The topological polar surface area (TPSA) is 95.6 Å². The molecule has 0 aliphatic carbocycles. The largest absolute Gasteiger partial charge is 0.326 e. The lowest BCUT2D eigenvalue weighted by Gasteiger charge is -2.18. The SMILES string of the molecule is CCN(CC)S(=O)(=O)c1ccc(CCC(=O)Nc2ccc(NC(=O)CC(C)C)cc2)cc1. The van der Waals surface area contributed by atoms with Gasteiger partial charge in [0.25, 0.3) is 0 Å². The number of benzene rings is 2. The van der Waals surface area contributed by atoms with Gasteiger partial charge in [0.05, 0.1) is 4.90 Å². The van der Waals surface area contributed by atoms with E-state index in [4.69, 9.17) is 0 Å². The molecule has 0 unspecified atom stereocenters. The summed E-state index contributed by atoms with van der Waals surface area (Å²) in [5.41, 5.74) is 2.23. The molecular formula is C24H33N3O4S. The van der Waals surface area contributed by atoms with Crippen LogP contribution in [0.25, 0.3) is 0 Å². The third-order valence-electron chi connectivity index (χ3n) is 4.95. The Morgan fingerprint density at radius 1 is 0.844 bits per heavy atom. The fourth-order valence-corrected chi connectivity index (χ4v) is 4.70. The van der Waals surface area contributed by atoms with E-state index in [1.807, 2.05) is 27.7 Å². The quantitative estimate of drug-likeness (QED) is 0.524. The maximum atomic E-state index is 12.5. The number of carbonyl (C=O) groups excluding carboxylic acids is 2. The molecule has 0 spiro atoms. The van der Waals surface area contributed by atoms with Gasteiger partial charge >= 0.3 is 0 Å². The number of nitrogens with zero attached hydrogens (tertiary/aromatic N) is 1. The summed E-state index contributed by atoms with van der Waals surface area (Å²) in [5, 5.41) is 5.67. The molecule has 0 bridgehead atoms. The van der Waals surface area contributed by atoms with Crippen molar-refractivity contribution in [2.75, 3.05) is 23.7 Å². The highest BCUT2D eigenvalue weighted by molar-refractivity contribution is 7.89. The van der Waals surface area contributed by atoms with Gasteiger partial charge in [-0.05, 0) is 54.3 Å². The van der Waals surface area contributed by atoms with E-state index in [0.717, 1.165) is 5.56 Å². The Hall–Kier alpha value is -2.71. The smallest absolute Gasteiger partial charge is 0.243 e. The molecule has 2 amide bonds. The molecule has 0 fully saturated rings. The summed E-state index contributed by atoms with van der Waals surface area (Å²) in [6.07, 6.45) is 1.23. The van der Waals surface area contributed by atoms with Crippen LogP contribution in [0.1, 0.15) is 46.1 Å². The lowest BCUT2D eigenvalue weighted by atomic mass is 10.1. The van der Waals surface area contributed by atoms with E-state index in [-0.39, 0.29) is 29.0 Å². The molecule has 174 valence electrons. The molecule has 0 aliphatic heterocycles. The Balaban J connectivity index is 1.87. The van der Waals surface area contributed by atoms with Gasteiger partial charge in [0.15, 0.2) is 0 Å². The molecule has 0 heterocycles. The standard InChI is InChI=1S/C24H33N3O4S/c1-5-27(6-2)32(30,31)22-14-7-19(8-15-22)9-16-23(28)25-20-10-12-21(13-11-20)26-24(29)17-18(3)4/h7-8,10-15,18H,5-6,9,16-17H2,1-4H3,(H,25,28)(H,26,29). The summed E-state index contributed by atoms with van der Waals surface area (Å²) in [5.74, 6) is 0.116. The van der Waals surface area contributed by atoms with E-state index < -0.39 is 10.0 Å². The Labute approximate surface area is 191 Å². The highest BCUT2D eigenvalue weighted by Crippen LogP contribution is 2.18. The average Bonchev–Trinajstić information content (AvgIpc) is 2.74. The fourth-order valence-electron chi connectivity index (χ4n) is 3.24. The zero-order chi connectivity index (χ0) is 23.7. The van der Waals surface area contributed by atoms with Crippen molar-refractivity contribution in [1.29, 1.82) is 0 Å². The third-order valence-corrected chi connectivity index (χ3v) is 7.02. The number of nitrogens with one attached hydrogen (secondary N) is 2. The first kappa shape index (κ1) is 25.5. The lowest BCUT2D eigenvalue weighted by Crippen LogP contribution is -2.30. The van der Waals surface area contributed by atoms with Gasteiger partial charge in [0.2, 0.25) is 21.8 Å². The molecule has 0 aromatic heterocycles. The van der Waals surface area contributed by atoms with Crippen LogP contribution in [-0.2, 0) is 26.0 Å². The highest BCUT2D eigenvalue weighted by Gasteiger charge is 2.21. The van der Waals surface area contributed by atoms with Crippen LogP contribution in [0.4, 0.5) is 11.4 Å². The van der Waals surface area contributed by atoms with Gasteiger partial charge in [-0.15, -0.1) is 0 Å². The van der Waals surface area contributed by atoms with Crippen molar-refractivity contribution in [3.8, 4) is 0 Å². The Morgan fingerprint density at radius 2 is 1.34 bits per heavy atom. The maximum Gasteiger partial charge on any atom is 0.243 e. The number of aryl methyl sites for hydroxylation is 1. The predicted molar refractivity (Wildman–Crippen MR) is 128 cm³/mol. The van der Waals surface area contributed by atoms with Gasteiger partial charge in [-0.3, -0.25) is 9.59 Å². The summed E-state index contributed by atoms with van der Waals surface area (Å²) in [4.78, 5) is 24.4. The van der Waals surface area contributed by atoms with Crippen molar-refractivity contribution in [1.82, 2.24) is 4.31 Å². The van der Waals surface area contributed by atoms with E-state index in [1.54, 1.807) is 48.5 Å². The molecule has 2 N–H and O–H groups in total. The molecule has 0 atom stereocenters. The van der Waals surface area contributed by atoms with Crippen LogP contribution in [0.15, 0.2) is 53.4 Å². The summed E-state index contributed by atoms with van der Waals surface area (Å²) in [6, 6.07) is 13.7. The molecule has 0 saturated carbocycles. The van der Waals surface area contributed by atoms with Gasteiger partial charge in [-0.2, -0.15) is 4.31 Å². The number of anilines is 2. The summed E-state index contributed by atoms with van der Waals surface area (Å²) in [6.45, 7) is 8.44. The number of hydrogen-bond donors (Lipinski definition) is 2. The minimum Gasteiger partial charge on any atom is -0.326 e. The number of amides is 2. The second-order valence-electron chi connectivity index (χ2n) is 8.00. The Bertz CT molecular complexity index is 997. The number of sulfonamides is 1. The van der Waals surface area contributed by atoms with Crippen molar-refractivity contribution in [2.24, 2.45) is 5.92 Å². The third kappa shape index (κ3) is 7.46. The molecule has 2 aromatic rings. The number of carbonyl (C=O) groups is 2. The first-order valence-corrected chi connectivity index (χ1v) is 12.4. The zero-order valence-electron chi connectivity index (χ0n) is 19.2. The molecule has 0 radical (unpaired) electrons. The first-order valence-electron chi connectivity index (χ1n) is 10.9. The second-order valence-corrected chi connectivity index (χ2v) is 9.94. The minimum absolute atomic E-state index is 0.0345. The molecule has 7 nitrogen and oxygen atoms in total. The monoisotopic (exact) mass is 459 g/mol. The molecule has 2 rings (SSSR count). The number of hydrogen-bond acceptors (Lipinski definition) is 4. The van der Waals surface area contributed by atoms with Crippen LogP contribution < -0.4 is 10.6 Å². The van der Waals surface area contributed by atoms with E-state index in [2.05, 4.69) is 10.6 Å². The number of rotatable bonds is 11. The normalized spacial score (nSPS) is 11.6. The second kappa shape index (κ2) is 11.8. The van der Waals surface area contributed by atoms with Gasteiger partial charge in [-0.1, -0.05) is 39.8 Å². The van der Waals surface area contributed by atoms with E-state index in [9.17, 15) is 18.0 Å². The fraction of sp³-hybridized carbons (Fsp3) is 0.417. The average molecular weight is 460 g/mol. The molecule has 2 aromatic carbocycles. The van der Waals surface area contributed by atoms with Crippen LogP contribution in [0, 0.1) is 5.92 Å². The van der Waals surface area contributed by atoms with Crippen molar-refractivity contribution in [2.45, 2.75) is 51.9 Å². The van der Waals surface area contributed by atoms with Crippen LogP contribution in [0.3, 0.4) is 0 Å². The summed E-state index contributed by atoms with van der Waals surface area (Å²) >= 11 is 0. The van der Waals surface area contributed by atoms with Crippen LogP contribution in [0.2, 0.25) is 0 Å². The molecule has 8 heteroatoms. The minimum atomic E-state index is -3.48. The molecule has 32 heavy (non-hydrogen) atoms. The molecule has 0 aliphatic rings. The summed E-state index contributed by atoms with van der Waals surface area (Å²) in [7, 11) is -3.48. The lowest BCUT2D eigenvalue weighted by molar-refractivity contribution is -0.117. The Morgan fingerprint density at radius 3 is 1.81 bits per heavy atom. The molecule has 0 saturated heterocycles. The van der Waals surface area contributed by atoms with E-state index in [1.165, 1.54) is 4.31 Å². The van der Waals surface area contributed by atoms with Crippen LogP contribution in [-0.4, -0.2) is 37.6 Å². The van der Waals surface area contributed by atoms with Gasteiger partial charge in [0, 0.05) is 37.3 Å². The van der Waals surface area contributed by atoms with Crippen molar-refractivity contribution in [3.63, 3.8) is 0 Å². The summed E-state index contributed by atoms with van der Waals surface area (Å²) < 4.78 is 26.5. The highest BCUT2D eigenvalue weighted by atomic mass is 32.2.